The minimum Gasteiger partial charge on any atom is -0.449 e. The number of halogens is 1. The van der Waals surface area contributed by atoms with Gasteiger partial charge in [0.2, 0.25) is 0 Å². The average Bonchev–Trinajstić information content (AvgIpc) is 3.26. The third-order valence-electron chi connectivity index (χ3n) is 3.49. The zero-order chi connectivity index (χ0) is 16.4. The van der Waals surface area contributed by atoms with Gasteiger partial charge < -0.3 is 10.1 Å². The summed E-state index contributed by atoms with van der Waals surface area (Å²) in [4.78, 5) is 27.8. The fourth-order valence-electron chi connectivity index (χ4n) is 2.10. The van der Waals surface area contributed by atoms with E-state index in [1.165, 1.54) is 12.2 Å². The van der Waals surface area contributed by atoms with Crippen LogP contribution in [0.5, 0.6) is 0 Å². The number of aromatic nitrogens is 2. The molecule has 1 amide bonds. The molecular weight excluding hydrogens is 318 g/mol. The highest BCUT2D eigenvalue weighted by Crippen LogP contribution is 2.20. The molecule has 1 N–H and O–H groups in total. The third-order valence-corrected chi connectivity index (χ3v) is 3.76. The van der Waals surface area contributed by atoms with Crippen molar-refractivity contribution >= 4 is 35.2 Å². The molecule has 0 unspecified atom stereocenters. The number of rotatable bonds is 5. The summed E-state index contributed by atoms with van der Waals surface area (Å²) in [5.74, 6) is -0.882. The fraction of sp³-hybridized carbons (Fsp3) is 0.312. The molecule has 1 saturated carbocycles. The molecule has 0 spiro atoms. The van der Waals surface area contributed by atoms with Crippen LogP contribution in [-0.2, 0) is 14.3 Å². The molecule has 2 aromatic rings. The molecule has 0 saturated heterocycles. The number of hydrogen-bond donors (Lipinski definition) is 1. The number of carbonyl (C=O) groups excluding carboxylic acids is 2. The maximum Gasteiger partial charge on any atom is 0.331 e. The Morgan fingerprint density at radius 1 is 1.48 bits per heavy atom. The van der Waals surface area contributed by atoms with Crippen LogP contribution in [0.4, 0.5) is 0 Å². The second kappa shape index (κ2) is 6.42. The lowest BCUT2D eigenvalue weighted by Gasteiger charge is -2.11. The van der Waals surface area contributed by atoms with Gasteiger partial charge in [-0.1, -0.05) is 17.7 Å². The van der Waals surface area contributed by atoms with Crippen molar-refractivity contribution in [2.75, 3.05) is 0 Å². The van der Waals surface area contributed by atoms with Gasteiger partial charge in [-0.25, -0.2) is 9.78 Å². The molecule has 0 radical (unpaired) electrons. The van der Waals surface area contributed by atoms with Crippen molar-refractivity contribution < 1.29 is 14.3 Å². The first-order chi connectivity index (χ1) is 11.0. The summed E-state index contributed by atoms with van der Waals surface area (Å²) in [6, 6.07) is 5.73. The number of carbonyl (C=O) groups is 2. The molecular formula is C16H16ClN3O3. The number of amides is 1. The van der Waals surface area contributed by atoms with Crippen molar-refractivity contribution in [2.24, 2.45) is 0 Å². The van der Waals surface area contributed by atoms with E-state index in [4.69, 9.17) is 16.3 Å². The smallest absolute Gasteiger partial charge is 0.331 e. The van der Waals surface area contributed by atoms with E-state index in [2.05, 4.69) is 10.3 Å². The molecule has 1 atom stereocenters. The van der Waals surface area contributed by atoms with Gasteiger partial charge in [-0.3, -0.25) is 9.20 Å². The molecule has 0 aliphatic heterocycles. The van der Waals surface area contributed by atoms with Crippen LogP contribution in [0.15, 0.2) is 30.5 Å². The highest BCUT2D eigenvalue weighted by Gasteiger charge is 2.26. The van der Waals surface area contributed by atoms with E-state index >= 15 is 0 Å². The van der Waals surface area contributed by atoms with Crippen molar-refractivity contribution in [2.45, 2.75) is 31.9 Å². The second-order valence-corrected chi connectivity index (χ2v) is 5.77. The summed E-state index contributed by atoms with van der Waals surface area (Å²) in [6.07, 6.45) is 5.70. The third kappa shape index (κ3) is 3.71. The first kappa shape index (κ1) is 15.6. The summed E-state index contributed by atoms with van der Waals surface area (Å²) in [6.45, 7) is 1.55. The van der Waals surface area contributed by atoms with E-state index in [0.717, 1.165) is 12.8 Å². The largest absolute Gasteiger partial charge is 0.449 e. The fourth-order valence-corrected chi connectivity index (χ4v) is 2.34. The summed E-state index contributed by atoms with van der Waals surface area (Å²) >= 11 is 6.07. The Hall–Kier alpha value is -2.34. The van der Waals surface area contributed by atoms with Crippen LogP contribution in [0.1, 0.15) is 25.5 Å². The van der Waals surface area contributed by atoms with E-state index in [0.29, 0.717) is 16.5 Å². The quantitative estimate of drug-likeness (QED) is 0.672. The van der Waals surface area contributed by atoms with Crippen molar-refractivity contribution in [3.63, 3.8) is 0 Å². The van der Waals surface area contributed by atoms with Gasteiger partial charge in [-0.15, -0.1) is 0 Å². The number of nitrogens with one attached hydrogen (secondary N) is 1. The number of ether oxygens (including phenoxy) is 1. The zero-order valence-electron chi connectivity index (χ0n) is 12.5. The van der Waals surface area contributed by atoms with Gasteiger partial charge in [0.1, 0.15) is 5.65 Å². The lowest BCUT2D eigenvalue weighted by Crippen LogP contribution is -2.36. The monoisotopic (exact) mass is 333 g/mol. The number of fused-ring (bicyclic) bond motifs is 1. The molecule has 1 aliphatic carbocycles. The molecule has 23 heavy (non-hydrogen) atoms. The molecule has 2 heterocycles. The molecule has 1 aliphatic rings. The Balaban J connectivity index is 1.65. The minimum absolute atomic E-state index is 0.233. The molecule has 2 aromatic heterocycles. The van der Waals surface area contributed by atoms with Gasteiger partial charge in [-0.05, 0) is 38.0 Å². The van der Waals surface area contributed by atoms with Gasteiger partial charge in [0, 0.05) is 18.3 Å². The van der Waals surface area contributed by atoms with Gasteiger partial charge >= 0.3 is 5.97 Å². The van der Waals surface area contributed by atoms with E-state index < -0.39 is 12.1 Å². The predicted molar refractivity (Wildman–Crippen MR) is 86.0 cm³/mol. The van der Waals surface area contributed by atoms with Crippen LogP contribution in [-0.4, -0.2) is 33.4 Å². The molecule has 0 bridgehead atoms. The van der Waals surface area contributed by atoms with Crippen molar-refractivity contribution in [1.82, 2.24) is 14.7 Å². The van der Waals surface area contributed by atoms with E-state index in [9.17, 15) is 9.59 Å². The molecule has 1 fully saturated rings. The highest BCUT2D eigenvalue weighted by atomic mass is 35.5. The summed E-state index contributed by atoms with van der Waals surface area (Å²) < 4.78 is 6.84. The number of esters is 1. The summed E-state index contributed by atoms with van der Waals surface area (Å²) in [7, 11) is 0. The van der Waals surface area contributed by atoms with E-state index in [1.54, 1.807) is 17.5 Å². The Bertz CT molecular complexity index is 780. The minimum atomic E-state index is -0.828. The van der Waals surface area contributed by atoms with Crippen LogP contribution in [0, 0.1) is 0 Å². The first-order valence-corrected chi connectivity index (χ1v) is 7.74. The van der Waals surface area contributed by atoms with Crippen LogP contribution in [0.3, 0.4) is 0 Å². The molecule has 3 rings (SSSR count). The first-order valence-electron chi connectivity index (χ1n) is 7.36. The van der Waals surface area contributed by atoms with Crippen molar-refractivity contribution in [1.29, 1.82) is 0 Å². The highest BCUT2D eigenvalue weighted by molar-refractivity contribution is 6.31. The van der Waals surface area contributed by atoms with Crippen LogP contribution < -0.4 is 5.32 Å². The van der Waals surface area contributed by atoms with Gasteiger partial charge in [-0.2, -0.15) is 0 Å². The number of imidazole rings is 1. The molecule has 120 valence electrons. The van der Waals surface area contributed by atoms with Gasteiger partial charge in [0.05, 0.1) is 5.69 Å². The van der Waals surface area contributed by atoms with E-state index in [-0.39, 0.29) is 11.9 Å². The van der Waals surface area contributed by atoms with Crippen LogP contribution in [0.25, 0.3) is 11.7 Å². The lowest BCUT2D eigenvalue weighted by molar-refractivity contribution is -0.150. The Kier molecular flexibility index (Phi) is 4.34. The Morgan fingerprint density at radius 3 is 3.00 bits per heavy atom. The van der Waals surface area contributed by atoms with Gasteiger partial charge in [0.15, 0.2) is 11.3 Å². The molecule has 0 aromatic carbocycles. The van der Waals surface area contributed by atoms with Crippen LogP contribution in [0.2, 0.25) is 5.15 Å². The van der Waals surface area contributed by atoms with Crippen LogP contribution >= 0.6 is 11.6 Å². The number of hydrogen-bond acceptors (Lipinski definition) is 4. The number of nitrogens with zero attached hydrogens (tertiary/aromatic N) is 2. The summed E-state index contributed by atoms with van der Waals surface area (Å²) in [5.41, 5.74) is 1.26. The maximum absolute atomic E-state index is 11.8. The molecule has 7 heteroatoms. The summed E-state index contributed by atoms with van der Waals surface area (Å²) in [5, 5.41) is 3.08. The lowest BCUT2D eigenvalue weighted by atomic mass is 10.3. The van der Waals surface area contributed by atoms with Gasteiger partial charge in [0.25, 0.3) is 5.91 Å². The van der Waals surface area contributed by atoms with Crippen molar-refractivity contribution in [3.05, 3.63) is 41.3 Å². The Labute approximate surface area is 138 Å². The average molecular weight is 334 g/mol. The second-order valence-electron chi connectivity index (χ2n) is 5.41. The predicted octanol–water partition coefficient (Wildman–Crippen LogP) is 2.21. The normalized spacial score (nSPS) is 15.7. The maximum atomic E-state index is 11.8. The Morgan fingerprint density at radius 2 is 2.26 bits per heavy atom. The van der Waals surface area contributed by atoms with E-state index in [1.807, 2.05) is 18.2 Å². The van der Waals surface area contributed by atoms with Crippen molar-refractivity contribution in [3.8, 4) is 0 Å². The SMILES string of the molecule is C[C@H](OC(=O)/C=C/c1c(Cl)nc2ccccn12)C(=O)NC1CC1. The zero-order valence-corrected chi connectivity index (χ0v) is 13.3. The molecule has 6 nitrogen and oxygen atoms in total. The topological polar surface area (TPSA) is 72.7 Å². The number of pyridine rings is 1. The standard InChI is InChI=1S/C16H16ClN3O3/c1-10(16(22)18-11-5-6-11)23-14(21)8-7-12-15(17)19-13-4-2-3-9-20(12)13/h2-4,7-11H,5-6H2,1H3,(H,18,22)/b8-7+/t10-/m0/s1.